The van der Waals surface area contributed by atoms with Gasteiger partial charge in [0.2, 0.25) is 0 Å². The molecule has 1 aromatic heterocycles. The maximum atomic E-state index is 12.2. The van der Waals surface area contributed by atoms with E-state index >= 15 is 0 Å². The number of hydrogen-bond donors (Lipinski definition) is 3. The molecule has 1 fully saturated rings. The molecule has 0 radical (unpaired) electrons. The van der Waals surface area contributed by atoms with Crippen molar-refractivity contribution in [1.82, 2.24) is 15.1 Å². The van der Waals surface area contributed by atoms with Crippen LogP contribution in [0.3, 0.4) is 0 Å². The first kappa shape index (κ1) is 13.9. The van der Waals surface area contributed by atoms with Gasteiger partial charge in [-0.15, -0.1) is 0 Å². The molecule has 0 bridgehead atoms. The highest BCUT2D eigenvalue weighted by Crippen LogP contribution is 2.28. The minimum atomic E-state index is -0.194. The van der Waals surface area contributed by atoms with Crippen molar-refractivity contribution in [2.24, 2.45) is 5.92 Å². The van der Waals surface area contributed by atoms with Gasteiger partial charge in [0.05, 0.1) is 17.5 Å². The number of anilines is 1. The highest BCUT2D eigenvalue weighted by molar-refractivity contribution is 5.97. The van der Waals surface area contributed by atoms with E-state index in [0.29, 0.717) is 23.8 Å². The fraction of sp³-hybridized carbons (Fsp3) is 0.692. The number of amides is 1. The van der Waals surface area contributed by atoms with Crippen LogP contribution < -0.4 is 5.73 Å². The largest absolute Gasteiger partial charge is 0.395 e. The molecule has 0 spiro atoms. The van der Waals surface area contributed by atoms with E-state index in [1.165, 1.54) is 0 Å². The zero-order chi connectivity index (χ0) is 14.0. The molecule has 1 heterocycles. The van der Waals surface area contributed by atoms with E-state index in [0.717, 1.165) is 31.4 Å². The quantitative estimate of drug-likeness (QED) is 0.734. The maximum absolute atomic E-state index is 12.2. The second kappa shape index (κ2) is 5.61. The first-order chi connectivity index (χ1) is 9.02. The Kier molecular flexibility index (Phi) is 4.09. The van der Waals surface area contributed by atoms with Gasteiger partial charge in [-0.25, -0.2) is 0 Å². The lowest BCUT2D eigenvalue weighted by molar-refractivity contribution is 0.0264. The standard InChI is InChI=1S/C13H22N4O2/c1-3-4-10-11(14)12(16-15-10)13(19)17(2)7-8-5-9(18)6-8/h8-9,18H,3-7,14H2,1-2H3,(H,15,16). The summed E-state index contributed by atoms with van der Waals surface area (Å²) in [5, 5.41) is 16.1. The number of aromatic amines is 1. The number of nitrogen functional groups attached to an aromatic ring is 1. The second-order valence-electron chi connectivity index (χ2n) is 5.39. The Morgan fingerprint density at radius 1 is 1.58 bits per heavy atom. The molecule has 6 heteroatoms. The first-order valence-electron chi connectivity index (χ1n) is 6.79. The Morgan fingerprint density at radius 3 is 2.84 bits per heavy atom. The third-order valence-corrected chi connectivity index (χ3v) is 3.68. The van der Waals surface area contributed by atoms with Crippen LogP contribution >= 0.6 is 0 Å². The van der Waals surface area contributed by atoms with Crippen LogP contribution in [0.1, 0.15) is 42.4 Å². The summed E-state index contributed by atoms with van der Waals surface area (Å²) in [6.07, 6.45) is 3.10. The minimum absolute atomic E-state index is 0.155. The lowest BCUT2D eigenvalue weighted by Gasteiger charge is -2.34. The Labute approximate surface area is 113 Å². The third kappa shape index (κ3) is 2.89. The minimum Gasteiger partial charge on any atom is -0.395 e. The van der Waals surface area contributed by atoms with E-state index in [4.69, 9.17) is 5.73 Å². The van der Waals surface area contributed by atoms with Crippen molar-refractivity contribution in [3.05, 3.63) is 11.4 Å². The number of aryl methyl sites for hydroxylation is 1. The predicted molar refractivity (Wildman–Crippen MR) is 72.7 cm³/mol. The summed E-state index contributed by atoms with van der Waals surface area (Å²) in [7, 11) is 1.75. The molecule has 106 valence electrons. The number of nitrogens with two attached hydrogens (primary N) is 1. The maximum Gasteiger partial charge on any atom is 0.276 e. The number of carbonyl (C=O) groups is 1. The van der Waals surface area contributed by atoms with Crippen LogP contribution in [0.2, 0.25) is 0 Å². The normalized spacial score (nSPS) is 22.1. The highest BCUT2D eigenvalue weighted by atomic mass is 16.3. The first-order valence-corrected chi connectivity index (χ1v) is 6.79. The average molecular weight is 266 g/mol. The number of nitrogens with zero attached hydrogens (tertiary/aromatic N) is 2. The van der Waals surface area contributed by atoms with Gasteiger partial charge in [-0.3, -0.25) is 9.89 Å². The zero-order valence-electron chi connectivity index (χ0n) is 11.5. The molecule has 0 aliphatic heterocycles. The van der Waals surface area contributed by atoms with Crippen molar-refractivity contribution >= 4 is 11.6 Å². The molecule has 0 unspecified atom stereocenters. The summed E-state index contributed by atoms with van der Waals surface area (Å²) >= 11 is 0. The molecule has 1 saturated carbocycles. The Hall–Kier alpha value is -1.56. The van der Waals surface area contributed by atoms with Crippen LogP contribution in [-0.2, 0) is 6.42 Å². The number of H-pyrrole nitrogens is 1. The van der Waals surface area contributed by atoms with Crippen LogP contribution in [0.4, 0.5) is 5.69 Å². The van der Waals surface area contributed by atoms with Crippen LogP contribution in [0.25, 0.3) is 0 Å². The van der Waals surface area contributed by atoms with Gasteiger partial charge >= 0.3 is 0 Å². The molecule has 0 saturated heterocycles. The number of nitrogens with one attached hydrogen (secondary N) is 1. The summed E-state index contributed by atoms with van der Waals surface area (Å²) in [6.45, 7) is 2.70. The molecule has 2 rings (SSSR count). The molecular formula is C13H22N4O2. The molecule has 1 aliphatic rings. The highest BCUT2D eigenvalue weighted by Gasteiger charge is 2.30. The fourth-order valence-corrected chi connectivity index (χ4v) is 2.49. The van der Waals surface area contributed by atoms with Crippen molar-refractivity contribution < 1.29 is 9.90 Å². The average Bonchev–Trinajstić information content (AvgIpc) is 2.69. The molecule has 0 atom stereocenters. The molecular weight excluding hydrogens is 244 g/mol. The van der Waals surface area contributed by atoms with Gasteiger partial charge in [0.25, 0.3) is 5.91 Å². The topological polar surface area (TPSA) is 95.2 Å². The number of rotatable bonds is 5. The van der Waals surface area contributed by atoms with Crippen LogP contribution in [0, 0.1) is 5.92 Å². The Bertz CT molecular complexity index is 451. The lowest BCUT2D eigenvalue weighted by atomic mass is 9.82. The van der Waals surface area contributed by atoms with Crippen molar-refractivity contribution in [3.8, 4) is 0 Å². The summed E-state index contributed by atoms with van der Waals surface area (Å²) < 4.78 is 0. The third-order valence-electron chi connectivity index (χ3n) is 3.68. The van der Waals surface area contributed by atoms with Gasteiger partial charge in [0.1, 0.15) is 0 Å². The monoisotopic (exact) mass is 266 g/mol. The molecule has 19 heavy (non-hydrogen) atoms. The smallest absolute Gasteiger partial charge is 0.276 e. The summed E-state index contributed by atoms with van der Waals surface area (Å²) in [5.41, 5.74) is 7.55. The van der Waals surface area contributed by atoms with Crippen LogP contribution in [0.15, 0.2) is 0 Å². The number of aromatic nitrogens is 2. The van der Waals surface area contributed by atoms with Crippen molar-refractivity contribution in [3.63, 3.8) is 0 Å². The van der Waals surface area contributed by atoms with Gasteiger partial charge in [-0.2, -0.15) is 5.10 Å². The van der Waals surface area contributed by atoms with Gasteiger partial charge in [0.15, 0.2) is 5.69 Å². The predicted octanol–water partition coefficient (Wildman–Crippen LogP) is 0.787. The molecule has 0 aromatic carbocycles. The number of carbonyl (C=O) groups excluding carboxylic acids is 1. The molecule has 1 amide bonds. The van der Waals surface area contributed by atoms with Gasteiger partial charge in [-0.1, -0.05) is 13.3 Å². The van der Waals surface area contributed by atoms with E-state index in [2.05, 4.69) is 17.1 Å². The van der Waals surface area contributed by atoms with Crippen molar-refractivity contribution in [2.75, 3.05) is 19.3 Å². The van der Waals surface area contributed by atoms with E-state index in [1.807, 2.05) is 0 Å². The number of aliphatic hydroxyl groups excluding tert-OH is 1. The van der Waals surface area contributed by atoms with E-state index in [-0.39, 0.29) is 12.0 Å². The second-order valence-corrected chi connectivity index (χ2v) is 5.39. The summed E-state index contributed by atoms with van der Waals surface area (Å²) in [4.78, 5) is 13.9. The summed E-state index contributed by atoms with van der Waals surface area (Å²) in [6, 6.07) is 0. The SMILES string of the molecule is CCCc1[nH]nc(C(=O)N(C)CC2CC(O)C2)c1N. The Morgan fingerprint density at radius 2 is 2.26 bits per heavy atom. The lowest BCUT2D eigenvalue weighted by Crippen LogP contribution is -2.39. The Balaban J connectivity index is 1.98. The molecule has 1 aromatic rings. The molecule has 6 nitrogen and oxygen atoms in total. The number of aliphatic hydroxyl groups is 1. The van der Waals surface area contributed by atoms with Crippen molar-refractivity contribution in [1.29, 1.82) is 0 Å². The van der Waals surface area contributed by atoms with Gasteiger partial charge < -0.3 is 15.7 Å². The number of hydrogen-bond acceptors (Lipinski definition) is 4. The van der Waals surface area contributed by atoms with Crippen LogP contribution in [-0.4, -0.2) is 45.8 Å². The van der Waals surface area contributed by atoms with E-state index in [9.17, 15) is 9.90 Å². The van der Waals surface area contributed by atoms with E-state index < -0.39 is 0 Å². The molecule has 1 aliphatic carbocycles. The fourth-order valence-electron chi connectivity index (χ4n) is 2.49. The summed E-state index contributed by atoms with van der Waals surface area (Å²) in [5.74, 6) is 0.233. The van der Waals surface area contributed by atoms with E-state index in [1.54, 1.807) is 11.9 Å². The zero-order valence-corrected chi connectivity index (χ0v) is 11.5. The van der Waals surface area contributed by atoms with Gasteiger partial charge in [-0.05, 0) is 25.2 Å². The van der Waals surface area contributed by atoms with Crippen LogP contribution in [0.5, 0.6) is 0 Å². The van der Waals surface area contributed by atoms with Crippen molar-refractivity contribution in [2.45, 2.75) is 38.7 Å². The molecule has 4 N–H and O–H groups in total. The van der Waals surface area contributed by atoms with Gasteiger partial charge in [0, 0.05) is 13.6 Å².